The number of rotatable bonds is 3. The van der Waals surface area contributed by atoms with E-state index in [2.05, 4.69) is 5.32 Å². The van der Waals surface area contributed by atoms with Crippen molar-refractivity contribution in [3.63, 3.8) is 0 Å². The Hall–Kier alpha value is -1.84. The summed E-state index contributed by atoms with van der Waals surface area (Å²) in [5.74, 6) is -2.13. The number of nitrogens with one attached hydrogen (secondary N) is 1. The normalized spacial score (nSPS) is 35.1. The van der Waals surface area contributed by atoms with E-state index < -0.39 is 42.3 Å². The van der Waals surface area contributed by atoms with E-state index in [1.54, 1.807) is 52.0 Å². The lowest BCUT2D eigenvalue weighted by molar-refractivity contribution is -0.229. The standard InChI is InChI=1S/C20H25NO7/c1-10(22)11-6-8-12(9-7-11)21-17(23)15-13-14(26-19(2,3)25-13)16-18(24-15)28-20(4,5)27-16/h6-9,13-16,18H,1-5H3,(H,21,23)/t13-,14-,15-,16-,18-/m1/s1. The molecule has 5 atom stereocenters. The molecule has 0 aromatic heterocycles. The molecule has 0 spiro atoms. The molecule has 3 saturated heterocycles. The molecule has 0 radical (unpaired) electrons. The SMILES string of the molecule is CC(=O)c1ccc(NC(=O)[C@@H]2O[C@@H]3OC(C)(C)O[C@@H]3[C@@H]3OC(C)(C)O[C@H]32)cc1. The summed E-state index contributed by atoms with van der Waals surface area (Å²) in [4.78, 5) is 24.4. The highest BCUT2D eigenvalue weighted by molar-refractivity contribution is 5.97. The average Bonchev–Trinajstić information content (AvgIpc) is 3.08. The molecule has 3 fully saturated rings. The second kappa shape index (κ2) is 6.60. The summed E-state index contributed by atoms with van der Waals surface area (Å²) < 4.78 is 29.6. The molecule has 1 amide bonds. The minimum Gasteiger partial charge on any atom is -0.342 e. The van der Waals surface area contributed by atoms with Gasteiger partial charge in [-0.25, -0.2) is 0 Å². The van der Waals surface area contributed by atoms with Crippen LogP contribution in [-0.2, 0) is 28.5 Å². The first kappa shape index (κ1) is 19.5. The van der Waals surface area contributed by atoms with E-state index in [1.165, 1.54) is 6.92 Å². The van der Waals surface area contributed by atoms with Crippen molar-refractivity contribution in [2.75, 3.05) is 5.32 Å². The van der Waals surface area contributed by atoms with Crippen LogP contribution in [0.3, 0.4) is 0 Å². The lowest BCUT2D eigenvalue weighted by atomic mass is 9.98. The van der Waals surface area contributed by atoms with Crippen molar-refractivity contribution < 1.29 is 33.3 Å². The van der Waals surface area contributed by atoms with E-state index in [-0.39, 0.29) is 11.7 Å². The first-order chi connectivity index (χ1) is 13.0. The molecule has 0 aliphatic carbocycles. The number of ether oxygens (including phenoxy) is 5. The van der Waals surface area contributed by atoms with Crippen molar-refractivity contribution >= 4 is 17.4 Å². The molecule has 3 heterocycles. The molecule has 0 bridgehead atoms. The first-order valence-corrected chi connectivity index (χ1v) is 9.33. The van der Waals surface area contributed by atoms with Crippen molar-refractivity contribution in [3.05, 3.63) is 29.8 Å². The van der Waals surface area contributed by atoms with Crippen LogP contribution in [0.25, 0.3) is 0 Å². The van der Waals surface area contributed by atoms with Crippen molar-refractivity contribution in [2.45, 2.75) is 76.9 Å². The van der Waals surface area contributed by atoms with Crippen LogP contribution in [0.2, 0.25) is 0 Å². The minimum absolute atomic E-state index is 0.0397. The van der Waals surface area contributed by atoms with Gasteiger partial charge in [0.05, 0.1) is 0 Å². The summed E-state index contributed by atoms with van der Waals surface area (Å²) in [6.07, 6.45) is -3.28. The van der Waals surface area contributed by atoms with Crippen molar-refractivity contribution in [2.24, 2.45) is 0 Å². The quantitative estimate of drug-likeness (QED) is 0.790. The van der Waals surface area contributed by atoms with Crippen LogP contribution in [0.1, 0.15) is 45.0 Å². The molecule has 1 N–H and O–H groups in total. The molecule has 28 heavy (non-hydrogen) atoms. The van der Waals surface area contributed by atoms with Crippen LogP contribution in [-0.4, -0.2) is 54.0 Å². The topological polar surface area (TPSA) is 92.3 Å². The van der Waals surface area contributed by atoms with Gasteiger partial charge in [-0.2, -0.15) is 0 Å². The Labute approximate surface area is 163 Å². The highest BCUT2D eigenvalue weighted by atomic mass is 16.9. The summed E-state index contributed by atoms with van der Waals surface area (Å²) in [6, 6.07) is 6.67. The van der Waals surface area contributed by atoms with Gasteiger partial charge in [0.15, 0.2) is 29.8 Å². The van der Waals surface area contributed by atoms with Crippen molar-refractivity contribution in [1.29, 1.82) is 0 Å². The van der Waals surface area contributed by atoms with E-state index in [0.717, 1.165) is 0 Å². The minimum atomic E-state index is -0.932. The maximum absolute atomic E-state index is 13.0. The maximum atomic E-state index is 13.0. The zero-order valence-electron chi connectivity index (χ0n) is 16.6. The summed E-state index contributed by atoms with van der Waals surface area (Å²) in [5, 5.41) is 2.81. The number of ketones is 1. The number of carbonyl (C=O) groups excluding carboxylic acids is 2. The van der Waals surface area contributed by atoms with Gasteiger partial charge in [-0.1, -0.05) is 0 Å². The lowest BCUT2D eigenvalue weighted by Gasteiger charge is -2.36. The second-order valence-corrected chi connectivity index (χ2v) is 8.21. The van der Waals surface area contributed by atoms with Crippen LogP contribution in [0.4, 0.5) is 5.69 Å². The molecule has 0 saturated carbocycles. The van der Waals surface area contributed by atoms with Gasteiger partial charge in [0.25, 0.3) is 5.91 Å². The van der Waals surface area contributed by atoms with Gasteiger partial charge in [-0.05, 0) is 58.9 Å². The monoisotopic (exact) mass is 391 g/mol. The summed E-state index contributed by atoms with van der Waals surface area (Å²) in [7, 11) is 0. The van der Waals surface area contributed by atoms with Gasteiger partial charge in [0.1, 0.15) is 18.3 Å². The Morgan fingerprint density at radius 1 is 0.857 bits per heavy atom. The number of carbonyl (C=O) groups is 2. The van der Waals surface area contributed by atoms with Crippen LogP contribution >= 0.6 is 0 Å². The fraction of sp³-hybridized carbons (Fsp3) is 0.600. The molecule has 0 unspecified atom stereocenters. The van der Waals surface area contributed by atoms with Crippen molar-refractivity contribution in [1.82, 2.24) is 0 Å². The number of hydrogen-bond acceptors (Lipinski definition) is 7. The molecular formula is C20H25NO7. The van der Waals surface area contributed by atoms with E-state index in [4.69, 9.17) is 23.7 Å². The van der Waals surface area contributed by atoms with Gasteiger partial charge in [-0.3, -0.25) is 9.59 Å². The Morgan fingerprint density at radius 2 is 1.43 bits per heavy atom. The van der Waals surface area contributed by atoms with Gasteiger partial charge in [0.2, 0.25) is 0 Å². The molecule has 3 aliphatic rings. The Kier molecular flexibility index (Phi) is 4.59. The van der Waals surface area contributed by atoms with E-state index >= 15 is 0 Å². The fourth-order valence-corrected chi connectivity index (χ4v) is 3.82. The third-order valence-corrected chi connectivity index (χ3v) is 4.97. The predicted molar refractivity (Wildman–Crippen MR) is 97.6 cm³/mol. The smallest absolute Gasteiger partial charge is 0.256 e. The number of fused-ring (bicyclic) bond motifs is 3. The molecule has 8 heteroatoms. The van der Waals surface area contributed by atoms with Crippen LogP contribution < -0.4 is 5.32 Å². The zero-order valence-corrected chi connectivity index (χ0v) is 16.6. The molecule has 1 aromatic carbocycles. The Bertz CT molecular complexity index is 788. The molecule has 3 aliphatic heterocycles. The number of anilines is 1. The number of Topliss-reactive ketones (excluding diaryl/α,β-unsaturated/α-hetero) is 1. The maximum Gasteiger partial charge on any atom is 0.256 e. The molecule has 1 aromatic rings. The first-order valence-electron chi connectivity index (χ1n) is 9.33. The zero-order chi connectivity index (χ0) is 20.3. The van der Waals surface area contributed by atoms with Gasteiger partial charge in [0, 0.05) is 11.3 Å². The van der Waals surface area contributed by atoms with E-state index in [1.807, 2.05) is 0 Å². The van der Waals surface area contributed by atoms with E-state index in [9.17, 15) is 9.59 Å². The summed E-state index contributed by atoms with van der Waals surface area (Å²) >= 11 is 0. The Morgan fingerprint density at radius 3 is 2.07 bits per heavy atom. The second-order valence-electron chi connectivity index (χ2n) is 8.21. The van der Waals surface area contributed by atoms with E-state index in [0.29, 0.717) is 11.3 Å². The van der Waals surface area contributed by atoms with Crippen LogP contribution in [0.15, 0.2) is 24.3 Å². The predicted octanol–water partition coefficient (Wildman–Crippen LogP) is 2.22. The van der Waals surface area contributed by atoms with Crippen molar-refractivity contribution in [3.8, 4) is 0 Å². The van der Waals surface area contributed by atoms with Gasteiger partial charge in [-0.15, -0.1) is 0 Å². The third kappa shape index (κ3) is 3.58. The summed E-state index contributed by atoms with van der Waals surface area (Å²) in [5.41, 5.74) is 1.13. The lowest BCUT2D eigenvalue weighted by Crippen LogP contribution is -2.58. The van der Waals surface area contributed by atoms with Gasteiger partial charge < -0.3 is 29.0 Å². The average molecular weight is 391 g/mol. The van der Waals surface area contributed by atoms with Crippen LogP contribution in [0.5, 0.6) is 0 Å². The largest absolute Gasteiger partial charge is 0.342 e. The highest BCUT2D eigenvalue weighted by Gasteiger charge is 2.62. The third-order valence-electron chi connectivity index (χ3n) is 4.97. The van der Waals surface area contributed by atoms with Gasteiger partial charge >= 0.3 is 0 Å². The molecule has 4 rings (SSSR count). The number of amides is 1. The molecule has 8 nitrogen and oxygen atoms in total. The molecular weight excluding hydrogens is 366 g/mol. The number of benzene rings is 1. The number of hydrogen-bond donors (Lipinski definition) is 1. The highest BCUT2D eigenvalue weighted by Crippen LogP contribution is 2.44. The van der Waals surface area contributed by atoms with Crippen LogP contribution in [0, 0.1) is 0 Å². The summed E-state index contributed by atoms with van der Waals surface area (Å²) in [6.45, 7) is 8.64. The molecule has 152 valence electrons. The fourth-order valence-electron chi connectivity index (χ4n) is 3.82. The Balaban J connectivity index is 1.54.